The van der Waals surface area contributed by atoms with Gasteiger partial charge in [0.2, 0.25) is 5.95 Å². The first-order valence-electron chi connectivity index (χ1n) is 8.52. The Labute approximate surface area is 157 Å². The van der Waals surface area contributed by atoms with Crippen LogP contribution in [-0.2, 0) is 27.9 Å². The number of phosphoric acid groups is 1. The average molecular weight is 415 g/mol. The highest BCUT2D eigenvalue weighted by atomic mass is 31.2. The van der Waals surface area contributed by atoms with Gasteiger partial charge in [0.1, 0.15) is 12.2 Å². The summed E-state index contributed by atoms with van der Waals surface area (Å²) in [6, 6.07) is 0. The Bertz CT molecular complexity index is 1020. The number of hydrogen-bond acceptors (Lipinski definition) is 10. The first-order chi connectivity index (χ1) is 13.3. The van der Waals surface area contributed by atoms with E-state index < -0.39 is 43.9 Å². The molecule has 4 rings (SSSR count). The maximum Gasteiger partial charge on any atom is 0.472 e. The number of imidazole rings is 1. The van der Waals surface area contributed by atoms with E-state index in [9.17, 15) is 19.0 Å². The van der Waals surface area contributed by atoms with Crippen molar-refractivity contribution in [2.75, 3.05) is 12.3 Å². The van der Waals surface area contributed by atoms with Crippen molar-refractivity contribution in [1.29, 1.82) is 0 Å². The number of aromatic amines is 1. The van der Waals surface area contributed by atoms with Crippen molar-refractivity contribution in [3.8, 4) is 0 Å². The largest absolute Gasteiger partial charge is 0.472 e. The van der Waals surface area contributed by atoms with Crippen molar-refractivity contribution in [3.05, 3.63) is 16.7 Å². The number of nitrogens with zero attached hydrogens (tertiary/aromatic N) is 3. The molecule has 2 aromatic heterocycles. The molecule has 0 spiro atoms. The highest BCUT2D eigenvalue weighted by Crippen LogP contribution is 2.53. The molecule has 4 heterocycles. The van der Waals surface area contributed by atoms with Gasteiger partial charge in [0.05, 0.1) is 12.9 Å². The molecule has 2 aliphatic heterocycles. The third kappa shape index (κ3) is 3.31. The molecule has 13 nitrogen and oxygen atoms in total. The fourth-order valence-corrected chi connectivity index (χ4v) is 4.17. The Balaban J connectivity index is 1.75. The second-order valence-electron chi connectivity index (χ2n) is 6.38. The summed E-state index contributed by atoms with van der Waals surface area (Å²) in [6.07, 6.45) is -1.96. The summed E-state index contributed by atoms with van der Waals surface area (Å²) in [5.41, 5.74) is 5.18. The van der Waals surface area contributed by atoms with Crippen LogP contribution in [0.4, 0.5) is 5.95 Å². The van der Waals surface area contributed by atoms with Crippen LogP contribution in [0.1, 0.15) is 26.0 Å². The molecule has 0 amide bonds. The molecule has 0 saturated carbocycles. The molecule has 5 atom stereocenters. The summed E-state index contributed by atoms with van der Waals surface area (Å²) in [6.45, 7) is 1.57. The number of nitrogens with two attached hydrogens (primary N) is 1. The Morgan fingerprint density at radius 3 is 3.11 bits per heavy atom. The van der Waals surface area contributed by atoms with Gasteiger partial charge in [-0.3, -0.25) is 28.2 Å². The van der Waals surface area contributed by atoms with Crippen LogP contribution in [0, 0.1) is 0 Å². The smallest absolute Gasteiger partial charge is 0.455 e. The summed E-state index contributed by atoms with van der Waals surface area (Å²) < 4.78 is 34.5. The van der Waals surface area contributed by atoms with E-state index in [2.05, 4.69) is 15.0 Å². The van der Waals surface area contributed by atoms with Crippen molar-refractivity contribution in [2.24, 2.45) is 0 Å². The van der Waals surface area contributed by atoms with E-state index in [0.29, 0.717) is 6.42 Å². The molecule has 0 radical (unpaired) electrons. The summed E-state index contributed by atoms with van der Waals surface area (Å²) in [4.78, 5) is 44.2. The average Bonchev–Trinajstić information content (AvgIpc) is 3.16. The third-order valence-corrected chi connectivity index (χ3v) is 5.37. The van der Waals surface area contributed by atoms with Crippen molar-refractivity contribution in [2.45, 2.75) is 44.3 Å². The zero-order valence-corrected chi connectivity index (χ0v) is 15.6. The molecule has 0 bridgehead atoms. The van der Waals surface area contributed by atoms with E-state index in [4.69, 9.17) is 24.3 Å². The molecule has 1 unspecified atom stereocenters. The molecule has 2 saturated heterocycles. The lowest BCUT2D eigenvalue weighted by molar-refractivity contribution is -0.158. The number of rotatable bonds is 4. The van der Waals surface area contributed by atoms with E-state index in [-0.39, 0.29) is 30.1 Å². The third-order valence-electron chi connectivity index (χ3n) is 4.39. The quantitative estimate of drug-likeness (QED) is 0.445. The van der Waals surface area contributed by atoms with Crippen LogP contribution in [0.2, 0.25) is 0 Å². The molecular weight excluding hydrogens is 397 g/mol. The number of hydrogen-bond donors (Lipinski definition) is 3. The van der Waals surface area contributed by atoms with Crippen molar-refractivity contribution >= 4 is 30.9 Å². The highest BCUT2D eigenvalue weighted by Gasteiger charge is 2.55. The predicted octanol–water partition coefficient (Wildman–Crippen LogP) is -0.173. The number of phosphoric ester groups is 1. The van der Waals surface area contributed by atoms with Crippen LogP contribution in [0.5, 0.6) is 0 Å². The normalized spacial score (nSPS) is 32.4. The first-order valence-corrected chi connectivity index (χ1v) is 10.0. The molecule has 28 heavy (non-hydrogen) atoms. The van der Waals surface area contributed by atoms with Crippen LogP contribution < -0.4 is 11.3 Å². The fraction of sp³-hybridized carbons (Fsp3) is 0.571. The zero-order chi connectivity index (χ0) is 20.1. The molecule has 14 heteroatoms. The molecule has 2 aromatic rings. The molecule has 0 aromatic carbocycles. The standard InChI is InChI=1S/C14H18N5O8P/c1-2-3-7(20)26-10-9-6(4-24-28(22,23)27-9)25-13(10)19-5-16-8-11(19)17-14(15)18-12(8)21/h5-6,9-10,13H,2-4H2,1H3,(H,22,23)(H3,15,17,18,21)/t6-,9+,10+,13+/m0/s1. The molecule has 2 aliphatic rings. The zero-order valence-electron chi connectivity index (χ0n) is 14.7. The van der Waals surface area contributed by atoms with Gasteiger partial charge in [-0.15, -0.1) is 0 Å². The Morgan fingerprint density at radius 2 is 2.36 bits per heavy atom. The second-order valence-corrected chi connectivity index (χ2v) is 7.79. The monoisotopic (exact) mass is 415 g/mol. The van der Waals surface area contributed by atoms with Gasteiger partial charge in [0.15, 0.2) is 23.5 Å². The Hall–Kier alpha value is -2.31. The molecule has 152 valence electrons. The van der Waals surface area contributed by atoms with Crippen molar-refractivity contribution in [1.82, 2.24) is 19.5 Å². The molecule has 4 N–H and O–H groups in total. The molecule has 2 fully saturated rings. The van der Waals surface area contributed by atoms with Gasteiger partial charge >= 0.3 is 13.8 Å². The minimum Gasteiger partial charge on any atom is -0.455 e. The van der Waals surface area contributed by atoms with Gasteiger partial charge in [-0.25, -0.2) is 9.55 Å². The van der Waals surface area contributed by atoms with Gasteiger partial charge in [-0.1, -0.05) is 6.92 Å². The van der Waals surface area contributed by atoms with Crippen LogP contribution in [0.25, 0.3) is 11.2 Å². The van der Waals surface area contributed by atoms with Crippen LogP contribution in [-0.4, -0.2) is 55.3 Å². The Morgan fingerprint density at radius 1 is 1.57 bits per heavy atom. The lowest BCUT2D eigenvalue weighted by Crippen LogP contribution is -2.41. The summed E-state index contributed by atoms with van der Waals surface area (Å²) in [7, 11) is -4.31. The number of anilines is 1. The minimum absolute atomic E-state index is 0.0105. The lowest BCUT2D eigenvalue weighted by Gasteiger charge is -2.29. The van der Waals surface area contributed by atoms with Crippen LogP contribution in [0.15, 0.2) is 11.1 Å². The van der Waals surface area contributed by atoms with Gasteiger partial charge in [0, 0.05) is 6.42 Å². The van der Waals surface area contributed by atoms with Gasteiger partial charge in [-0.2, -0.15) is 4.98 Å². The topological polar surface area (TPSA) is 181 Å². The number of aromatic nitrogens is 4. The van der Waals surface area contributed by atoms with Gasteiger partial charge in [0.25, 0.3) is 5.56 Å². The van der Waals surface area contributed by atoms with Crippen LogP contribution in [0.3, 0.4) is 0 Å². The summed E-state index contributed by atoms with van der Waals surface area (Å²) in [5.74, 6) is -0.659. The maximum atomic E-state index is 12.1. The lowest BCUT2D eigenvalue weighted by atomic mass is 10.1. The molecule has 0 aliphatic carbocycles. The number of esters is 1. The van der Waals surface area contributed by atoms with E-state index in [1.807, 2.05) is 6.92 Å². The van der Waals surface area contributed by atoms with Crippen LogP contribution >= 0.6 is 7.82 Å². The second kappa shape index (κ2) is 6.94. The fourth-order valence-electron chi connectivity index (χ4n) is 3.21. The number of carbonyl (C=O) groups excluding carboxylic acids is 1. The highest BCUT2D eigenvalue weighted by molar-refractivity contribution is 7.47. The summed E-state index contributed by atoms with van der Waals surface area (Å²) >= 11 is 0. The summed E-state index contributed by atoms with van der Waals surface area (Å²) in [5, 5.41) is 0. The first kappa shape index (κ1) is 19.0. The van der Waals surface area contributed by atoms with E-state index in [1.165, 1.54) is 10.9 Å². The maximum absolute atomic E-state index is 12.1. The predicted molar refractivity (Wildman–Crippen MR) is 91.9 cm³/mol. The number of nitrogens with one attached hydrogen (secondary N) is 1. The van der Waals surface area contributed by atoms with Crippen molar-refractivity contribution in [3.63, 3.8) is 0 Å². The van der Waals surface area contributed by atoms with Gasteiger partial charge in [-0.05, 0) is 6.42 Å². The van der Waals surface area contributed by atoms with E-state index in [1.54, 1.807) is 0 Å². The van der Waals surface area contributed by atoms with E-state index in [0.717, 1.165) is 0 Å². The number of carbonyl (C=O) groups is 1. The van der Waals surface area contributed by atoms with Gasteiger partial charge < -0.3 is 20.1 Å². The van der Waals surface area contributed by atoms with Crippen molar-refractivity contribution < 1.29 is 32.8 Å². The number of ether oxygens (including phenoxy) is 2. The molecular formula is C14H18N5O8P. The van der Waals surface area contributed by atoms with E-state index >= 15 is 0 Å². The number of fused-ring (bicyclic) bond motifs is 2. The SMILES string of the molecule is CCCC(=O)O[C@@H]1[C@@H]2OP(=O)(O)OC[C@@H]2O[C@H]1n1cnc2c(=O)[nH]c(N)nc21. The number of H-pyrrole nitrogens is 1. The minimum atomic E-state index is -4.31. The number of nitrogen functional groups attached to an aromatic ring is 1. The Kier molecular flexibility index (Phi) is 4.71.